The molecule has 3 aromatic rings. The second-order valence-electron chi connectivity index (χ2n) is 6.63. The van der Waals surface area contributed by atoms with Crippen molar-refractivity contribution in [2.45, 2.75) is 25.7 Å². The maximum Gasteiger partial charge on any atom is 0.156 e. The molecule has 1 aliphatic rings. The lowest BCUT2D eigenvalue weighted by Crippen LogP contribution is -2.13. The van der Waals surface area contributed by atoms with Gasteiger partial charge in [0.15, 0.2) is 5.78 Å². The highest BCUT2D eigenvalue weighted by molar-refractivity contribution is 6.00. The first-order valence-electron chi connectivity index (χ1n) is 8.58. The van der Waals surface area contributed by atoms with Crippen LogP contribution in [0.2, 0.25) is 0 Å². The number of H-pyrrole nitrogens is 1. The summed E-state index contributed by atoms with van der Waals surface area (Å²) >= 11 is 0. The first-order valence-corrected chi connectivity index (χ1v) is 8.58. The van der Waals surface area contributed by atoms with E-state index < -0.39 is 0 Å². The van der Waals surface area contributed by atoms with Crippen LogP contribution in [-0.4, -0.2) is 21.2 Å². The van der Waals surface area contributed by atoms with Gasteiger partial charge in [0.25, 0.3) is 0 Å². The fourth-order valence-electron chi connectivity index (χ4n) is 3.51. The number of hydrogen-bond acceptors (Lipinski definition) is 3. The molecule has 0 amide bonds. The number of halogens is 1. The molecule has 0 aliphatic heterocycles. The average Bonchev–Trinajstić information content (AvgIpc) is 3.12. The number of hydrogen-bond donors (Lipinski definition) is 1. The number of aromatic nitrogens is 3. The molecule has 1 heterocycles. The third kappa shape index (κ3) is 3.08. The Labute approximate surface area is 150 Å². The molecule has 0 bridgehead atoms. The van der Waals surface area contributed by atoms with Gasteiger partial charge in [-0.3, -0.25) is 4.79 Å². The van der Waals surface area contributed by atoms with Crippen LogP contribution in [0.15, 0.2) is 54.6 Å². The van der Waals surface area contributed by atoms with E-state index in [0.29, 0.717) is 18.5 Å². The highest BCUT2D eigenvalue weighted by Gasteiger charge is 2.26. The summed E-state index contributed by atoms with van der Waals surface area (Å²) < 4.78 is 13.2. The first-order chi connectivity index (χ1) is 12.6. The molecule has 0 unspecified atom stereocenters. The Bertz CT molecular complexity index is 989. The number of carbonyl (C=O) groups excluding carboxylic acids is 1. The Balaban J connectivity index is 1.70. The number of nitrogens with one attached hydrogen (secondary N) is 1. The van der Waals surface area contributed by atoms with Gasteiger partial charge in [0.1, 0.15) is 17.2 Å². The van der Waals surface area contributed by atoms with Gasteiger partial charge in [-0.05, 0) is 54.2 Å². The first kappa shape index (κ1) is 16.4. The molecule has 4 rings (SSSR count). The van der Waals surface area contributed by atoms with Crippen LogP contribution in [0.4, 0.5) is 4.39 Å². The summed E-state index contributed by atoms with van der Waals surface area (Å²) in [5.41, 5.74) is 5.38. The predicted molar refractivity (Wildman–Crippen MR) is 97.9 cm³/mol. The summed E-state index contributed by atoms with van der Waals surface area (Å²) in [7, 11) is 0. The minimum absolute atomic E-state index is 0.0181. The molecule has 0 spiro atoms. The van der Waals surface area contributed by atoms with E-state index in [1.54, 1.807) is 18.2 Å². The maximum absolute atomic E-state index is 13.2. The molecule has 1 N–H and O–H groups in total. The Morgan fingerprint density at radius 3 is 2.50 bits per heavy atom. The molecule has 1 aliphatic carbocycles. The van der Waals surface area contributed by atoms with E-state index >= 15 is 0 Å². The molecule has 1 atom stereocenters. The van der Waals surface area contributed by atoms with E-state index in [9.17, 15) is 9.18 Å². The summed E-state index contributed by atoms with van der Waals surface area (Å²) in [6, 6.07) is 14.3. The highest BCUT2D eigenvalue weighted by Crippen LogP contribution is 2.38. The number of rotatable bonds is 3. The zero-order chi connectivity index (χ0) is 18.1. The Kier molecular flexibility index (Phi) is 4.21. The fraction of sp³-hybridized carbons (Fsp3) is 0.190. The van der Waals surface area contributed by atoms with Crippen molar-refractivity contribution in [3.8, 4) is 11.3 Å². The fourth-order valence-corrected chi connectivity index (χ4v) is 3.51. The van der Waals surface area contributed by atoms with Crippen LogP contribution in [0.3, 0.4) is 0 Å². The topological polar surface area (TPSA) is 58.6 Å². The van der Waals surface area contributed by atoms with Crippen molar-refractivity contribution >= 4 is 11.4 Å². The van der Waals surface area contributed by atoms with Gasteiger partial charge in [-0.2, -0.15) is 15.4 Å². The van der Waals surface area contributed by atoms with Crippen LogP contribution in [0.5, 0.6) is 0 Å². The van der Waals surface area contributed by atoms with Crippen molar-refractivity contribution in [1.29, 1.82) is 0 Å². The molecule has 0 fully saturated rings. The van der Waals surface area contributed by atoms with E-state index in [2.05, 4.69) is 15.4 Å². The molecule has 1 aromatic heterocycles. The van der Waals surface area contributed by atoms with Crippen molar-refractivity contribution in [3.63, 3.8) is 0 Å². The standard InChI is InChI=1S/C21H18FN3O/c1-13-4-2-3-5-19(13)21-20(23-25-24-21)16-10-15(11-18(26)12-16)14-6-8-17(22)9-7-14/h2-9,12,15H,10-11H2,1H3,(H,23,24,25)/t15-/m1/s1. The van der Waals surface area contributed by atoms with Crippen LogP contribution in [0, 0.1) is 12.7 Å². The van der Waals surface area contributed by atoms with Gasteiger partial charge in [-0.1, -0.05) is 36.4 Å². The smallest absolute Gasteiger partial charge is 0.156 e. The van der Waals surface area contributed by atoms with Crippen LogP contribution in [0.1, 0.15) is 35.6 Å². The lowest BCUT2D eigenvalue weighted by molar-refractivity contribution is -0.115. The number of carbonyl (C=O) groups is 1. The van der Waals surface area contributed by atoms with Crippen LogP contribution >= 0.6 is 0 Å². The summed E-state index contributed by atoms with van der Waals surface area (Å²) in [6.45, 7) is 2.02. The molecular formula is C21H18FN3O. The number of aryl methyl sites for hydroxylation is 1. The molecule has 130 valence electrons. The van der Waals surface area contributed by atoms with E-state index in [1.807, 2.05) is 31.2 Å². The number of aromatic amines is 1. The van der Waals surface area contributed by atoms with E-state index in [0.717, 1.165) is 28.0 Å². The Hall–Kier alpha value is -3.08. The lowest BCUT2D eigenvalue weighted by Gasteiger charge is -2.22. The van der Waals surface area contributed by atoms with Crippen molar-refractivity contribution in [1.82, 2.24) is 15.4 Å². The zero-order valence-electron chi connectivity index (χ0n) is 14.4. The molecular weight excluding hydrogens is 329 g/mol. The second kappa shape index (κ2) is 6.67. The number of allylic oxidation sites excluding steroid dienone is 2. The molecule has 4 nitrogen and oxygen atoms in total. The third-order valence-electron chi connectivity index (χ3n) is 4.84. The van der Waals surface area contributed by atoms with Crippen LogP contribution in [-0.2, 0) is 4.79 Å². The monoisotopic (exact) mass is 347 g/mol. The molecule has 2 aromatic carbocycles. The summed E-state index contributed by atoms with van der Waals surface area (Å²) in [4.78, 5) is 12.3. The Morgan fingerprint density at radius 2 is 1.73 bits per heavy atom. The number of nitrogens with zero attached hydrogens (tertiary/aromatic N) is 2. The number of ketones is 1. The van der Waals surface area contributed by atoms with Crippen LogP contribution in [0.25, 0.3) is 16.8 Å². The second-order valence-corrected chi connectivity index (χ2v) is 6.63. The minimum Gasteiger partial charge on any atom is -0.295 e. The van der Waals surface area contributed by atoms with Crippen molar-refractivity contribution in [2.75, 3.05) is 0 Å². The quantitative estimate of drug-likeness (QED) is 0.761. The van der Waals surface area contributed by atoms with E-state index in [1.165, 1.54) is 12.1 Å². The van der Waals surface area contributed by atoms with Gasteiger partial charge in [0.05, 0.1) is 0 Å². The lowest BCUT2D eigenvalue weighted by atomic mass is 9.81. The third-order valence-corrected chi connectivity index (χ3v) is 4.84. The van der Waals surface area contributed by atoms with E-state index in [4.69, 9.17) is 0 Å². The molecule has 5 heteroatoms. The van der Waals surface area contributed by atoms with Gasteiger partial charge >= 0.3 is 0 Å². The minimum atomic E-state index is -0.273. The van der Waals surface area contributed by atoms with Crippen molar-refractivity contribution < 1.29 is 9.18 Å². The van der Waals surface area contributed by atoms with Gasteiger partial charge < -0.3 is 0 Å². The maximum atomic E-state index is 13.2. The zero-order valence-corrected chi connectivity index (χ0v) is 14.4. The van der Waals surface area contributed by atoms with Gasteiger partial charge in [-0.15, -0.1) is 0 Å². The molecule has 26 heavy (non-hydrogen) atoms. The van der Waals surface area contributed by atoms with Gasteiger partial charge in [0, 0.05) is 12.0 Å². The summed E-state index contributed by atoms with van der Waals surface area (Å²) in [5, 5.41) is 11.3. The van der Waals surface area contributed by atoms with Crippen molar-refractivity contribution in [2.24, 2.45) is 0 Å². The predicted octanol–water partition coefficient (Wildman–Crippen LogP) is 4.45. The molecule has 0 saturated heterocycles. The largest absolute Gasteiger partial charge is 0.295 e. The summed E-state index contributed by atoms with van der Waals surface area (Å²) in [6.07, 6.45) is 2.76. The average molecular weight is 347 g/mol. The van der Waals surface area contributed by atoms with Crippen molar-refractivity contribution in [3.05, 3.63) is 77.2 Å². The summed E-state index contributed by atoms with van der Waals surface area (Å²) in [5.74, 6) is -0.200. The van der Waals surface area contributed by atoms with Gasteiger partial charge in [0.2, 0.25) is 0 Å². The molecule has 0 saturated carbocycles. The number of benzene rings is 2. The van der Waals surface area contributed by atoms with E-state index in [-0.39, 0.29) is 17.5 Å². The normalized spacial score (nSPS) is 17.2. The highest BCUT2D eigenvalue weighted by atomic mass is 19.1. The Morgan fingerprint density at radius 1 is 1.00 bits per heavy atom. The SMILES string of the molecule is Cc1ccccc1-c1n[nH]nc1C1=CC(=O)C[C@H](c2ccc(F)cc2)C1. The molecule has 0 radical (unpaired) electrons. The van der Waals surface area contributed by atoms with Gasteiger partial charge in [-0.25, -0.2) is 4.39 Å². The van der Waals surface area contributed by atoms with Crippen LogP contribution < -0.4 is 0 Å².